The van der Waals surface area contributed by atoms with Gasteiger partial charge in [0.15, 0.2) is 27.6 Å². The lowest BCUT2D eigenvalue weighted by Crippen LogP contribution is -2.23. The molecule has 56 heavy (non-hydrogen) atoms. The molecule has 2 aromatic heterocycles. The quantitative estimate of drug-likeness (QED) is 0.121. The van der Waals surface area contributed by atoms with Crippen LogP contribution in [-0.2, 0) is 39.2 Å². The number of benzene rings is 3. The molecule has 5 aromatic rings. The molecule has 0 N–H and O–H groups in total. The fourth-order valence-electron chi connectivity index (χ4n) is 5.17. The number of rotatable bonds is 11. The Labute approximate surface area is 337 Å². The van der Waals surface area contributed by atoms with E-state index in [1.165, 1.54) is 38.6 Å². The summed E-state index contributed by atoms with van der Waals surface area (Å²) < 4.78 is 57.8. The van der Waals surface area contributed by atoms with Gasteiger partial charge in [0, 0.05) is 14.1 Å². The fraction of sp³-hybridized carbons (Fsp3) is 0.366. The zero-order valence-electron chi connectivity index (χ0n) is 32.8. The molecule has 0 aliphatic heterocycles. The third-order valence-electron chi connectivity index (χ3n) is 8.75. The molecule has 5 rings (SSSR count). The van der Waals surface area contributed by atoms with E-state index < -0.39 is 40.1 Å². The van der Waals surface area contributed by atoms with Gasteiger partial charge in [-0.3, -0.25) is 13.8 Å². The third-order valence-corrected chi connectivity index (χ3v) is 10.7. The van der Waals surface area contributed by atoms with Crippen LogP contribution >= 0.6 is 23.2 Å². The van der Waals surface area contributed by atoms with Crippen molar-refractivity contribution in [2.75, 3.05) is 13.3 Å². The minimum atomic E-state index is -4.02. The molecule has 2 atom stereocenters. The predicted molar refractivity (Wildman–Crippen MR) is 216 cm³/mol. The largest absolute Gasteiger partial charge is 0.480 e. The van der Waals surface area contributed by atoms with Crippen LogP contribution in [0.25, 0.3) is 0 Å². The summed E-state index contributed by atoms with van der Waals surface area (Å²) in [7, 11) is -1.07. The lowest BCUT2D eigenvalue weighted by atomic mass is 9.86. The first-order valence-electron chi connectivity index (χ1n) is 17.6. The first-order valence-corrected chi connectivity index (χ1v) is 19.8. The van der Waals surface area contributed by atoms with E-state index in [0.29, 0.717) is 11.1 Å². The van der Waals surface area contributed by atoms with Crippen LogP contribution in [0, 0.1) is 6.92 Å². The van der Waals surface area contributed by atoms with Gasteiger partial charge in [0.25, 0.3) is 21.2 Å². The van der Waals surface area contributed by atoms with Crippen molar-refractivity contribution in [1.29, 1.82) is 0 Å². The van der Waals surface area contributed by atoms with Crippen LogP contribution in [0.15, 0.2) is 99.7 Å². The fourth-order valence-corrected chi connectivity index (χ4v) is 6.51. The lowest BCUT2D eigenvalue weighted by molar-refractivity contribution is 0.132. The van der Waals surface area contributed by atoms with Crippen LogP contribution in [0.5, 0.6) is 11.5 Å². The zero-order chi connectivity index (χ0) is 41.6. The van der Waals surface area contributed by atoms with E-state index >= 15 is 0 Å². The molecule has 15 heteroatoms. The molecule has 2 heterocycles. The summed E-state index contributed by atoms with van der Waals surface area (Å²) in [6.07, 6.45) is 0.936. The van der Waals surface area contributed by atoms with Crippen molar-refractivity contribution in [1.82, 2.24) is 19.6 Å². The normalized spacial score (nSPS) is 13.0. The van der Waals surface area contributed by atoms with E-state index in [-0.39, 0.29) is 43.9 Å². The lowest BCUT2D eigenvalue weighted by Gasteiger charge is -2.23. The van der Waals surface area contributed by atoms with Crippen LogP contribution in [0.3, 0.4) is 0 Å². The van der Waals surface area contributed by atoms with Gasteiger partial charge in [0.05, 0.1) is 17.3 Å². The number of ether oxygens (including phenoxy) is 2. The van der Waals surface area contributed by atoms with Crippen LogP contribution in [0.4, 0.5) is 4.39 Å². The summed E-state index contributed by atoms with van der Waals surface area (Å²) in [6.45, 7) is 13.4. The predicted octanol–water partition coefficient (Wildman–Crippen LogP) is 8.39. The second kappa shape index (κ2) is 18.1. The van der Waals surface area contributed by atoms with E-state index in [1.54, 1.807) is 12.1 Å². The van der Waals surface area contributed by atoms with E-state index in [9.17, 15) is 22.4 Å². The summed E-state index contributed by atoms with van der Waals surface area (Å²) in [4.78, 5) is 23.9. The summed E-state index contributed by atoms with van der Waals surface area (Å²) in [5.74, 6) is 0.123. The topological polar surface area (TPSA) is 132 Å². The number of aryl methyl sites for hydroxylation is 3. The molecule has 3 aromatic carbocycles. The maximum Gasteiger partial charge on any atom is 0.297 e. The smallest absolute Gasteiger partial charge is 0.297 e. The number of nitrogens with zero attached hydrogens (tertiary/aromatic N) is 4. The number of hydrogen-bond donors (Lipinski definition) is 0. The Bertz CT molecular complexity index is 2340. The molecule has 0 bridgehead atoms. The second-order valence-corrected chi connectivity index (χ2v) is 17.5. The van der Waals surface area contributed by atoms with Crippen molar-refractivity contribution >= 4 is 33.3 Å². The molecule has 11 nitrogen and oxygen atoms in total. The molecular weight excluding hydrogens is 782 g/mol. The Morgan fingerprint density at radius 1 is 0.679 bits per heavy atom. The highest BCUT2D eigenvalue weighted by molar-refractivity contribution is 7.86. The van der Waals surface area contributed by atoms with Gasteiger partial charge in [-0.05, 0) is 52.1 Å². The van der Waals surface area contributed by atoms with Crippen molar-refractivity contribution in [3.63, 3.8) is 0 Å². The Kier molecular flexibility index (Phi) is 14.3. The van der Waals surface area contributed by atoms with Gasteiger partial charge in [0.1, 0.15) is 19.4 Å². The maximum atomic E-state index is 13.4. The molecule has 0 aliphatic carbocycles. The summed E-state index contributed by atoms with van der Waals surface area (Å²) in [5, 5.41) is 7.52. The second-order valence-electron chi connectivity index (χ2n) is 15.2. The molecular formula is C41H47Cl2FN4O7S. The van der Waals surface area contributed by atoms with Crippen molar-refractivity contribution in [3.05, 3.63) is 144 Å². The minimum Gasteiger partial charge on any atom is -0.480 e. The third kappa shape index (κ3) is 11.3. The number of aromatic nitrogens is 4. The number of hydrogen-bond acceptors (Lipinski definition) is 9. The van der Waals surface area contributed by atoms with E-state index in [4.69, 9.17) is 36.9 Å². The van der Waals surface area contributed by atoms with Gasteiger partial charge in [-0.2, -0.15) is 18.6 Å². The molecule has 0 aliphatic rings. The van der Waals surface area contributed by atoms with Crippen molar-refractivity contribution in [2.24, 2.45) is 14.1 Å². The highest BCUT2D eigenvalue weighted by Gasteiger charge is 2.24. The highest BCUT2D eigenvalue weighted by Crippen LogP contribution is 2.31. The van der Waals surface area contributed by atoms with Crippen LogP contribution < -0.4 is 20.6 Å². The van der Waals surface area contributed by atoms with Gasteiger partial charge >= 0.3 is 0 Å². The maximum absolute atomic E-state index is 13.4. The highest BCUT2D eigenvalue weighted by atomic mass is 35.5. The monoisotopic (exact) mass is 828 g/mol. The average Bonchev–Trinajstić information content (AvgIpc) is 3.15. The van der Waals surface area contributed by atoms with E-state index in [0.717, 1.165) is 26.1 Å². The molecule has 0 fully saturated rings. The molecule has 0 saturated heterocycles. The minimum absolute atomic E-state index is 0.0173. The van der Waals surface area contributed by atoms with Crippen LogP contribution in [0.2, 0.25) is 10.0 Å². The van der Waals surface area contributed by atoms with Crippen molar-refractivity contribution < 1.29 is 26.5 Å². The van der Waals surface area contributed by atoms with Gasteiger partial charge < -0.3 is 9.47 Å². The molecule has 0 saturated carbocycles. The van der Waals surface area contributed by atoms with Gasteiger partial charge in [-0.25, -0.2) is 13.8 Å². The Morgan fingerprint density at radius 3 is 1.46 bits per heavy atom. The van der Waals surface area contributed by atoms with Crippen molar-refractivity contribution in [3.8, 4) is 11.5 Å². The summed E-state index contributed by atoms with van der Waals surface area (Å²) in [6, 6.07) is 21.5. The van der Waals surface area contributed by atoms with Gasteiger partial charge in [-0.15, -0.1) is 0 Å². The Balaban J connectivity index is 0.000000265. The number of alkyl halides is 1. The number of halogens is 3. The van der Waals surface area contributed by atoms with Gasteiger partial charge in [-0.1, -0.05) is 131 Å². The molecule has 300 valence electrons. The Morgan fingerprint density at radius 2 is 1.07 bits per heavy atom. The summed E-state index contributed by atoms with van der Waals surface area (Å²) in [5.41, 5.74) is 3.48. The van der Waals surface area contributed by atoms with Crippen LogP contribution in [0.1, 0.15) is 81.6 Å². The van der Waals surface area contributed by atoms with Gasteiger partial charge in [0.2, 0.25) is 0 Å². The van der Waals surface area contributed by atoms with Crippen LogP contribution in [-0.4, -0.2) is 41.3 Å². The van der Waals surface area contributed by atoms with E-state index in [2.05, 4.69) is 51.7 Å². The summed E-state index contributed by atoms with van der Waals surface area (Å²) >= 11 is 12.1. The Hall–Kier alpha value is -4.56. The first kappa shape index (κ1) is 44.2. The molecule has 2 unspecified atom stereocenters. The molecule has 0 radical (unpaired) electrons. The molecule has 0 amide bonds. The average molecular weight is 830 g/mol. The SMILES string of the molecule is Cc1ccc(S(=O)(=O)OCC(Oc2cnn(C)c(=O)c2Cl)c2ccc(C(C)(C)C)cc2)cc1.Cn1ncc(OC(CF)c2ccc(C(C)(C)C)cc2)c(Cl)c1=O. The van der Waals surface area contributed by atoms with Crippen molar-refractivity contribution in [2.45, 2.75) is 76.4 Å². The first-order chi connectivity index (χ1) is 26.1. The standard InChI is InChI=1S/C24H27ClN2O5S.C17H20ClFN2O2/c1-16-6-12-19(13-7-16)33(29,30)31-15-21(17-8-10-18(11-9-17)24(2,3)4)32-20-14-26-27(5)23(28)22(20)25;1-17(2,3)12-7-5-11(6-8-12)13(9-19)23-14-10-20-21(4)16(22)15(14)18/h6-14,21H,15H2,1-5H3;5-8,10,13H,9H2,1-4H3. The van der Waals surface area contributed by atoms with E-state index in [1.807, 2.05) is 55.5 Å². The molecule has 0 spiro atoms. The zero-order valence-corrected chi connectivity index (χ0v) is 35.2.